The first-order chi connectivity index (χ1) is 20.8. The summed E-state index contributed by atoms with van der Waals surface area (Å²) >= 11 is 0. The molecule has 0 bridgehead atoms. The maximum atomic E-state index is 14.2. The first-order valence-corrected chi connectivity index (χ1v) is 15.1. The molecule has 232 valence electrons. The molecule has 8 nitrogen and oxygen atoms in total. The number of carbonyl (C=O) groups is 4. The number of aliphatic hydroxyl groups is 1. The lowest BCUT2D eigenvalue weighted by Crippen LogP contribution is -2.53. The number of carbonyl (C=O) groups excluding carboxylic acids is 4. The van der Waals surface area contributed by atoms with Gasteiger partial charge in [0.2, 0.25) is 0 Å². The Bertz CT molecular complexity index is 1490. The van der Waals surface area contributed by atoms with Crippen LogP contribution in [0.1, 0.15) is 68.2 Å². The summed E-state index contributed by atoms with van der Waals surface area (Å²) < 4.78 is 18.0. The molecule has 2 aromatic carbocycles. The Labute approximate surface area is 258 Å². The van der Waals surface area contributed by atoms with Crippen molar-refractivity contribution >= 4 is 23.7 Å². The third kappa shape index (κ3) is 5.75. The summed E-state index contributed by atoms with van der Waals surface area (Å²) in [5, 5.41) is 12.3. The molecule has 2 saturated carbocycles. The first kappa shape index (κ1) is 31.4. The van der Waals surface area contributed by atoms with Crippen molar-refractivity contribution in [2.24, 2.45) is 29.1 Å². The zero-order valence-electron chi connectivity index (χ0n) is 25.8. The molecular formula is C36H40O8. The fourth-order valence-corrected chi connectivity index (χ4v) is 7.26. The topological polar surface area (TPSA) is 116 Å². The quantitative estimate of drug-likeness (QED) is 0.272. The molecule has 0 unspecified atom stereocenters. The Balaban J connectivity index is 1.61. The molecule has 3 aliphatic rings. The number of allylic oxidation sites excluding steroid dienone is 1. The van der Waals surface area contributed by atoms with Gasteiger partial charge in [0, 0.05) is 12.5 Å². The number of fused-ring (bicyclic) bond motifs is 2. The molecule has 44 heavy (non-hydrogen) atoms. The summed E-state index contributed by atoms with van der Waals surface area (Å²) in [5.74, 6) is -4.11. The molecule has 0 radical (unpaired) electrons. The van der Waals surface area contributed by atoms with Gasteiger partial charge in [-0.25, -0.2) is 9.59 Å². The van der Waals surface area contributed by atoms with E-state index in [4.69, 9.17) is 14.2 Å². The van der Waals surface area contributed by atoms with E-state index in [9.17, 15) is 24.3 Å². The molecule has 0 heterocycles. The normalized spacial score (nSPS) is 32.7. The minimum atomic E-state index is -2.06. The van der Waals surface area contributed by atoms with Gasteiger partial charge in [-0.2, -0.15) is 0 Å². The highest BCUT2D eigenvalue weighted by Crippen LogP contribution is 2.62. The number of ether oxygens (including phenoxy) is 3. The summed E-state index contributed by atoms with van der Waals surface area (Å²) in [6, 6.07) is 16.9. The van der Waals surface area contributed by atoms with E-state index in [2.05, 4.69) is 20.4 Å². The third-order valence-electron chi connectivity index (χ3n) is 9.80. The van der Waals surface area contributed by atoms with Gasteiger partial charge in [0.15, 0.2) is 5.78 Å². The van der Waals surface area contributed by atoms with Crippen LogP contribution in [0.25, 0.3) is 0 Å². The molecule has 3 aliphatic carbocycles. The van der Waals surface area contributed by atoms with Gasteiger partial charge in [-0.15, -0.1) is 0 Å². The highest BCUT2D eigenvalue weighted by Gasteiger charge is 2.64. The fraction of sp³-hybridized carbons (Fsp3) is 0.444. The van der Waals surface area contributed by atoms with Crippen LogP contribution in [-0.4, -0.2) is 52.7 Å². The van der Waals surface area contributed by atoms with Crippen LogP contribution in [-0.2, 0) is 23.8 Å². The fourth-order valence-electron chi connectivity index (χ4n) is 7.26. The van der Waals surface area contributed by atoms with Crippen molar-refractivity contribution in [2.75, 3.05) is 0 Å². The molecule has 2 fully saturated rings. The van der Waals surface area contributed by atoms with Crippen LogP contribution in [0, 0.1) is 29.1 Å². The number of esters is 3. The van der Waals surface area contributed by atoms with Gasteiger partial charge in [-0.1, -0.05) is 69.8 Å². The van der Waals surface area contributed by atoms with Gasteiger partial charge in [0.1, 0.15) is 23.9 Å². The van der Waals surface area contributed by atoms with Crippen LogP contribution in [0.5, 0.6) is 0 Å². The molecular weight excluding hydrogens is 560 g/mol. The van der Waals surface area contributed by atoms with Crippen LogP contribution in [0.2, 0.25) is 0 Å². The third-order valence-corrected chi connectivity index (χ3v) is 9.80. The van der Waals surface area contributed by atoms with Crippen molar-refractivity contribution in [3.63, 3.8) is 0 Å². The maximum Gasteiger partial charge on any atom is 0.338 e. The zero-order valence-corrected chi connectivity index (χ0v) is 25.8. The molecule has 0 aliphatic heterocycles. The van der Waals surface area contributed by atoms with Crippen LogP contribution < -0.4 is 0 Å². The number of Topliss-reactive ketones (excluding diaryl/α,β-unsaturated/α-hetero) is 1. The average Bonchev–Trinajstić information content (AvgIpc) is 3.38. The Morgan fingerprint density at radius 2 is 1.45 bits per heavy atom. The second-order valence-electron chi connectivity index (χ2n) is 13.1. The number of rotatable bonds is 5. The summed E-state index contributed by atoms with van der Waals surface area (Å²) in [6.07, 6.45) is -1.04. The second-order valence-corrected chi connectivity index (χ2v) is 13.1. The molecule has 8 atom stereocenters. The van der Waals surface area contributed by atoms with E-state index in [1.54, 1.807) is 74.5 Å². The van der Waals surface area contributed by atoms with Crippen molar-refractivity contribution < 1.29 is 38.5 Å². The van der Waals surface area contributed by atoms with Crippen molar-refractivity contribution in [3.8, 4) is 0 Å². The molecule has 0 saturated heterocycles. The van der Waals surface area contributed by atoms with Crippen LogP contribution in [0.3, 0.4) is 0 Å². The van der Waals surface area contributed by atoms with Crippen molar-refractivity contribution in [2.45, 2.75) is 71.4 Å². The van der Waals surface area contributed by atoms with Gasteiger partial charge >= 0.3 is 17.9 Å². The van der Waals surface area contributed by atoms with Crippen molar-refractivity contribution in [1.29, 1.82) is 0 Å². The van der Waals surface area contributed by atoms with Crippen LogP contribution in [0.4, 0.5) is 0 Å². The number of hydrogen-bond acceptors (Lipinski definition) is 8. The molecule has 0 spiro atoms. The molecule has 5 rings (SSSR count). The van der Waals surface area contributed by atoms with E-state index in [-0.39, 0.29) is 29.2 Å². The Kier molecular flexibility index (Phi) is 8.42. The molecule has 1 N–H and O–H groups in total. The Hall–Kier alpha value is -4.04. The lowest BCUT2D eigenvalue weighted by atomic mass is 9.76. The predicted octanol–water partition coefficient (Wildman–Crippen LogP) is 5.50. The minimum absolute atomic E-state index is 0.0185. The summed E-state index contributed by atoms with van der Waals surface area (Å²) in [7, 11) is 0. The Morgan fingerprint density at radius 1 is 0.909 bits per heavy atom. The first-order valence-electron chi connectivity index (χ1n) is 15.1. The maximum absolute atomic E-state index is 14.2. The molecule has 8 heteroatoms. The lowest BCUT2D eigenvalue weighted by Gasteiger charge is -2.39. The number of benzene rings is 2. The van der Waals surface area contributed by atoms with Crippen LogP contribution >= 0.6 is 0 Å². The SMILES string of the molecule is C=C1[C@H](OC(=O)c2ccccc2)C[C@H]2[C@@H](C=C(C)C(=O)[C@@]3(O)C[C@H](C)[C@H](OC(=O)c4ccccc4)[C@@H]3[C@H]1OC(C)=O)C2(C)C. The van der Waals surface area contributed by atoms with Crippen molar-refractivity contribution in [1.82, 2.24) is 0 Å². The van der Waals surface area contributed by atoms with E-state index >= 15 is 0 Å². The van der Waals surface area contributed by atoms with E-state index in [0.29, 0.717) is 23.1 Å². The van der Waals surface area contributed by atoms with Gasteiger partial charge in [0.05, 0.1) is 17.0 Å². The summed E-state index contributed by atoms with van der Waals surface area (Å²) in [5.41, 5.74) is -1.03. The van der Waals surface area contributed by atoms with Gasteiger partial charge < -0.3 is 19.3 Å². The van der Waals surface area contributed by atoms with Gasteiger partial charge in [0.25, 0.3) is 0 Å². The summed E-state index contributed by atoms with van der Waals surface area (Å²) in [6.45, 7) is 13.1. The Morgan fingerprint density at radius 3 is 2.00 bits per heavy atom. The number of ketones is 1. The molecule has 2 aromatic rings. The van der Waals surface area contributed by atoms with Gasteiger partial charge in [-0.3, -0.25) is 9.59 Å². The minimum Gasteiger partial charge on any atom is -0.458 e. The van der Waals surface area contributed by atoms with Gasteiger partial charge in [-0.05, 0) is 72.8 Å². The number of hydrogen-bond donors (Lipinski definition) is 1. The van der Waals surface area contributed by atoms with E-state index in [1.807, 2.05) is 6.08 Å². The van der Waals surface area contributed by atoms with E-state index in [0.717, 1.165) is 0 Å². The monoisotopic (exact) mass is 600 g/mol. The standard InChI is InChI=1S/C36H40O8/c1-20-17-26-27(35(26,5)6)18-28(43-33(39)24-13-9-7-10-14-24)22(3)31(42-23(4)37)29-30(21(2)19-36(29,41)32(20)38)44-34(40)25-15-11-8-12-16-25/h7-17,21,26-31,41H,3,18-19H2,1-2,4-6H3/t21-,26+,27-,28+,29+,30-,31-,36+/m0/s1. The lowest BCUT2D eigenvalue weighted by molar-refractivity contribution is -0.162. The molecule has 0 aromatic heterocycles. The van der Waals surface area contributed by atoms with E-state index in [1.165, 1.54) is 6.92 Å². The second kappa shape index (κ2) is 11.8. The van der Waals surface area contributed by atoms with Crippen molar-refractivity contribution in [3.05, 3.63) is 95.6 Å². The smallest absolute Gasteiger partial charge is 0.338 e. The average molecular weight is 601 g/mol. The highest BCUT2D eigenvalue weighted by atomic mass is 16.6. The largest absolute Gasteiger partial charge is 0.458 e. The van der Waals surface area contributed by atoms with E-state index < -0.39 is 59.4 Å². The molecule has 0 amide bonds. The van der Waals surface area contributed by atoms with Crippen LogP contribution in [0.15, 0.2) is 84.5 Å². The zero-order chi connectivity index (χ0) is 32.0. The predicted molar refractivity (Wildman–Crippen MR) is 162 cm³/mol. The highest BCUT2D eigenvalue weighted by molar-refractivity contribution is 6.02. The summed E-state index contributed by atoms with van der Waals surface area (Å²) in [4.78, 5) is 53.4.